The van der Waals surface area contributed by atoms with Crippen molar-refractivity contribution in [3.05, 3.63) is 215 Å². The number of carbonyl (C=O) groups excluding carboxylic acids is 6. The average molecular weight is 2060 g/mol. The fourth-order valence-corrected chi connectivity index (χ4v) is 12.6. The van der Waals surface area contributed by atoms with Gasteiger partial charge in [-0.3, -0.25) is 24.0 Å². The summed E-state index contributed by atoms with van der Waals surface area (Å²) in [5.41, 5.74) is 7.28. The second-order valence-corrected chi connectivity index (χ2v) is 40.1. The summed E-state index contributed by atoms with van der Waals surface area (Å²) in [4.78, 5) is 66.5. The molecule has 0 bridgehead atoms. The maximum atomic E-state index is 11.8. The predicted molar refractivity (Wildman–Crippen MR) is 554 cm³/mol. The Balaban J connectivity index is -0.000000756. The third-order valence-electron chi connectivity index (χ3n) is 22.9. The van der Waals surface area contributed by atoms with Gasteiger partial charge in [0.1, 0.15) is 30.5 Å². The van der Waals surface area contributed by atoms with Gasteiger partial charge in [0.2, 0.25) is 11.8 Å². The summed E-state index contributed by atoms with van der Waals surface area (Å²) in [5.74, 6) is -0.288. The zero-order chi connectivity index (χ0) is 106. The molecule has 141 heavy (non-hydrogen) atoms. The molecule has 30 heteroatoms. The van der Waals surface area contributed by atoms with E-state index in [-0.39, 0.29) is 200 Å². The molecular weight excluding hydrogens is 1890 g/mol. The Morgan fingerprint density at radius 1 is 0.496 bits per heavy atom. The first-order valence-electron chi connectivity index (χ1n) is 48.9. The Morgan fingerprint density at radius 3 is 1.21 bits per heavy atom. The van der Waals surface area contributed by atoms with Gasteiger partial charge in [-0.2, -0.15) is 0 Å². The fourth-order valence-electron chi connectivity index (χ4n) is 11.2. The number of aliphatic carboxylic acids is 1. The van der Waals surface area contributed by atoms with Gasteiger partial charge in [-0.15, -0.1) is 0 Å². The number of aliphatic hydroxyl groups excluding tert-OH is 1. The van der Waals surface area contributed by atoms with Crippen molar-refractivity contribution in [1.29, 1.82) is 0 Å². The SMILES string of the molecule is C=Cc1ccc(CNC(=O)C(C)CC)cc1.C=Cc1ccc(COC(=O)C(C)(C)CC)cc1.C=Cc1ccc(COc2ccc(C3OC(C)CC(CC)O3)cc2)cc1.CCC(C)(C)C(=O)OCCCS(=O)(=O)[O-].CCC(C)(C)C(=O)[O-].CCC(C)C(=O)NC(C)(C)CS(=O)(=O)[O-].CCC(C)O.CCC(C)OC(C)=O.CCC(C)c1ccc(O)cc1.CCCOc1ccc(C2OC(C)CC(CC)O2)cc1.[K+].[K+]. The zero-order valence-electron chi connectivity index (χ0n) is 90.6. The van der Waals surface area contributed by atoms with Gasteiger partial charge < -0.3 is 82.5 Å². The van der Waals surface area contributed by atoms with Crippen molar-refractivity contribution in [3.63, 3.8) is 0 Å². The van der Waals surface area contributed by atoms with Crippen molar-refractivity contribution in [2.45, 2.75) is 357 Å². The number of hydrogen-bond donors (Lipinski definition) is 4. The summed E-state index contributed by atoms with van der Waals surface area (Å²) in [5, 5.41) is 33.0. The minimum Gasteiger partial charge on any atom is -0.748 e. The van der Waals surface area contributed by atoms with Gasteiger partial charge in [0.05, 0.1) is 86.7 Å². The van der Waals surface area contributed by atoms with E-state index in [0.717, 1.165) is 127 Å². The molecule has 0 radical (unpaired) electrons. The van der Waals surface area contributed by atoms with E-state index in [1.807, 2.05) is 210 Å². The molecule has 11 atom stereocenters. The summed E-state index contributed by atoms with van der Waals surface area (Å²) in [7, 11) is -8.53. The summed E-state index contributed by atoms with van der Waals surface area (Å²) in [6, 6.07) is 47.5. The van der Waals surface area contributed by atoms with Crippen molar-refractivity contribution >= 4 is 74.2 Å². The monoisotopic (exact) mass is 2060 g/mol. The van der Waals surface area contributed by atoms with Crippen LogP contribution in [-0.2, 0) is 102 Å². The molecule has 2 heterocycles. The van der Waals surface area contributed by atoms with Gasteiger partial charge in [0.25, 0.3) is 0 Å². The van der Waals surface area contributed by atoms with E-state index >= 15 is 0 Å². The molecule has 2 fully saturated rings. The van der Waals surface area contributed by atoms with Crippen LogP contribution < -0.4 is 128 Å². The van der Waals surface area contributed by atoms with Crippen molar-refractivity contribution in [2.75, 3.05) is 24.7 Å². The number of aromatic hydroxyl groups is 1. The topological polar surface area (TPSA) is 387 Å². The van der Waals surface area contributed by atoms with E-state index in [0.29, 0.717) is 56.8 Å². The second-order valence-electron chi connectivity index (χ2n) is 37.2. The van der Waals surface area contributed by atoms with Crippen molar-refractivity contribution in [3.8, 4) is 17.2 Å². The molecule has 11 unspecified atom stereocenters. The molecule has 0 aliphatic carbocycles. The molecule has 26 nitrogen and oxygen atoms in total. The number of carboxylic acid groups (broad SMARTS) is 1. The molecule has 0 aromatic heterocycles. The van der Waals surface area contributed by atoms with E-state index in [2.05, 4.69) is 91.0 Å². The van der Waals surface area contributed by atoms with Crippen LogP contribution in [0.25, 0.3) is 18.2 Å². The molecule has 2 aliphatic heterocycles. The van der Waals surface area contributed by atoms with E-state index in [9.17, 15) is 59.8 Å². The molecule has 0 saturated carbocycles. The van der Waals surface area contributed by atoms with Crippen LogP contribution in [0.4, 0.5) is 0 Å². The number of carbonyl (C=O) groups is 6. The number of nitrogens with one attached hydrogen (secondary N) is 2. The Bertz CT molecular complexity index is 4670. The van der Waals surface area contributed by atoms with Crippen molar-refractivity contribution < 1.29 is 215 Å². The van der Waals surface area contributed by atoms with Crippen LogP contribution in [0, 0.1) is 28.1 Å². The van der Waals surface area contributed by atoms with Gasteiger partial charge in [-0.05, 0) is 240 Å². The Kier molecular flexibility index (Phi) is 76.2. The van der Waals surface area contributed by atoms with Crippen LogP contribution in [0.2, 0.25) is 0 Å². The van der Waals surface area contributed by atoms with Gasteiger partial charge in [0.15, 0.2) is 12.6 Å². The maximum absolute atomic E-state index is 11.8. The molecule has 8 rings (SSSR count). The molecule has 784 valence electrons. The van der Waals surface area contributed by atoms with E-state index in [4.69, 9.17) is 52.8 Å². The number of phenolic OH excluding ortho intramolecular Hbond substituents is 1. The van der Waals surface area contributed by atoms with E-state index < -0.39 is 59.5 Å². The van der Waals surface area contributed by atoms with Gasteiger partial charge >= 0.3 is 121 Å². The van der Waals surface area contributed by atoms with Crippen LogP contribution in [-0.4, -0.2) is 139 Å². The first-order valence-corrected chi connectivity index (χ1v) is 52.0. The molecule has 6 aromatic carbocycles. The molecule has 2 saturated heterocycles. The molecule has 0 spiro atoms. The van der Waals surface area contributed by atoms with Gasteiger partial charge in [-0.1, -0.05) is 258 Å². The molecule has 2 amide bonds. The van der Waals surface area contributed by atoms with E-state index in [1.165, 1.54) is 26.3 Å². The Hall–Kier alpha value is -6.35. The molecule has 4 N–H and O–H groups in total. The predicted octanol–water partition coefficient (Wildman–Crippen LogP) is 17.0. The molecule has 2 aliphatic rings. The van der Waals surface area contributed by atoms with Crippen LogP contribution in [0.3, 0.4) is 0 Å². The first-order chi connectivity index (χ1) is 65.0. The van der Waals surface area contributed by atoms with Crippen molar-refractivity contribution in [2.24, 2.45) is 28.1 Å². The quantitative estimate of drug-likeness (QED) is 0.00915. The summed E-state index contributed by atoms with van der Waals surface area (Å²) >= 11 is 0. The van der Waals surface area contributed by atoms with Crippen LogP contribution in [0.5, 0.6) is 17.2 Å². The smallest absolute Gasteiger partial charge is 0.748 e. The fraction of sp³-hybridized carbons (Fsp3) is 0.568. The largest absolute Gasteiger partial charge is 1.00 e. The number of ether oxygens (including phenoxy) is 9. The maximum Gasteiger partial charge on any atom is 1.00 e. The first kappa shape index (κ1) is 141. The van der Waals surface area contributed by atoms with Crippen LogP contribution in [0.1, 0.15) is 345 Å². The minimum absolute atomic E-state index is 0. The number of benzene rings is 6. The summed E-state index contributed by atoms with van der Waals surface area (Å²) in [6.07, 6.45) is 17.4. The van der Waals surface area contributed by atoms with Crippen molar-refractivity contribution in [1.82, 2.24) is 10.6 Å². The standard InChI is InChI=1S/C22H26O3.C16H24O3.C15H20O2.C14H19NO.C10H14O.C9H19NO4S.C9H18O5S.2C6H12O2.C4H10O.2K/c1-4-17-6-8-18(9-7-17)15-23-21-12-10-19(11-13-21)22-24-16(3)14-20(5-2)25-22;1-4-10-17-15-8-6-13(7-9-15)16-18-12(3)11-14(5-2)19-16;1-5-12-7-9-13(10-8-12)11-17-14(16)15(3,4)6-2;1-4-11(3)14(16)15-10-13-8-6-12(5-2)7-9-13;1-3-8(2)9-4-6-10(11)7-5-9;1-5-7(2)8(11)10-9(3,4)6-15(12,13)14;1-4-9(2,3)8(10)14-6-5-7-15(11,12)13;1-4-6(2,3)5(7)8;1-4-5(2)8-6(3)7;1-3-4(2)5;;/h4,6-13,16,20,22H,1,5,14-15H2,2-3H3;6-9,12,14,16H,4-5,10-11H2,1-3H3;5,7-10H,1,6,11H2,2-4H3;5-9,11H,2,4,10H2,1,3H3,(H,15,16);4-8,11H,3H2,1-2H3;7H,5-6H2,1-4H3,(H,10,11)(H,12,13,14);4-7H2,1-3H3,(H,11,12,13);4H2,1-3H3,(H,7,8);5H,4H2,1-3H3;4-5H,3H2,1-2H3;;/q;;;;;;;;;;2*+1/p-3. The second kappa shape index (κ2) is 76.2. The molecular formula is C111H171K2N2O24S2-. The van der Waals surface area contributed by atoms with E-state index in [1.54, 1.807) is 59.8 Å². The summed E-state index contributed by atoms with van der Waals surface area (Å²) < 4.78 is 112. The number of rotatable bonds is 39. The van der Waals surface area contributed by atoms with Crippen LogP contribution in [0.15, 0.2) is 165 Å². The number of esters is 3. The Labute approximate surface area is 933 Å². The number of hydrogen-bond acceptors (Lipinski definition) is 24. The van der Waals surface area contributed by atoms with Gasteiger partial charge in [-0.25, -0.2) is 16.8 Å². The van der Waals surface area contributed by atoms with Gasteiger partial charge in [0, 0.05) is 59.1 Å². The normalized spacial score (nSPS) is 16.3. The minimum atomic E-state index is -4.32. The Morgan fingerprint density at radius 2 is 0.887 bits per heavy atom. The zero-order valence-corrected chi connectivity index (χ0v) is 98.5. The summed E-state index contributed by atoms with van der Waals surface area (Å²) in [6.45, 7) is 64.2. The number of amides is 2. The molecule has 6 aromatic rings. The number of aliphatic hydroxyl groups is 1. The third kappa shape index (κ3) is 66.5. The number of phenols is 1. The van der Waals surface area contributed by atoms with Crippen LogP contribution >= 0.6 is 0 Å². The average Bonchev–Trinajstić information content (AvgIpc) is 0.839. The third-order valence-corrected chi connectivity index (χ3v) is 24.8. The number of carboxylic acids is 1.